The number of aromatic nitrogens is 1. The Labute approximate surface area is 169 Å². The van der Waals surface area contributed by atoms with E-state index in [4.69, 9.17) is 4.74 Å². The van der Waals surface area contributed by atoms with E-state index >= 15 is 0 Å². The number of pyridine rings is 1. The van der Waals surface area contributed by atoms with Gasteiger partial charge in [-0.1, -0.05) is 12.1 Å². The number of ether oxygens (including phenoxy) is 2. The number of anilines is 1. The van der Waals surface area contributed by atoms with Crippen molar-refractivity contribution in [1.29, 1.82) is 0 Å². The molecule has 156 valence electrons. The number of amides is 1. The lowest BCUT2D eigenvalue weighted by molar-refractivity contribution is -0.274. The van der Waals surface area contributed by atoms with Crippen LogP contribution in [0, 0.1) is 0 Å². The molecule has 3 rings (SSSR count). The Kier molecular flexibility index (Phi) is 6.10. The highest BCUT2D eigenvalue weighted by atomic mass is 19.4. The average molecular weight is 418 g/mol. The number of halogens is 3. The molecular formula is C21H17F3N2O4. The molecule has 0 radical (unpaired) electrons. The molecule has 1 N–H and O–H groups in total. The van der Waals surface area contributed by atoms with E-state index in [0.717, 1.165) is 12.1 Å². The smallest absolute Gasteiger partial charge is 0.483 e. The molecule has 9 heteroatoms. The van der Waals surface area contributed by atoms with Gasteiger partial charge in [-0.3, -0.25) is 9.59 Å². The van der Waals surface area contributed by atoms with Gasteiger partial charge in [-0.15, -0.1) is 19.8 Å². The van der Waals surface area contributed by atoms with Crippen LogP contribution in [-0.4, -0.2) is 23.4 Å². The molecule has 1 heterocycles. The molecule has 0 aliphatic heterocycles. The summed E-state index contributed by atoms with van der Waals surface area (Å²) in [7, 11) is 0. The van der Waals surface area contributed by atoms with Crippen LogP contribution in [0.15, 0.2) is 72.2 Å². The monoisotopic (exact) mass is 418 g/mol. The lowest BCUT2D eigenvalue weighted by Crippen LogP contribution is -2.21. The number of carbonyl (C=O) groups is 1. The van der Waals surface area contributed by atoms with Crippen LogP contribution in [0.3, 0.4) is 0 Å². The van der Waals surface area contributed by atoms with Crippen molar-refractivity contribution in [3.63, 3.8) is 0 Å². The van der Waals surface area contributed by atoms with E-state index < -0.39 is 18.0 Å². The van der Waals surface area contributed by atoms with Gasteiger partial charge < -0.3 is 19.4 Å². The fourth-order valence-electron chi connectivity index (χ4n) is 2.78. The lowest BCUT2D eigenvalue weighted by atomic mass is 10.1. The number of rotatable bonds is 7. The third-order valence-corrected chi connectivity index (χ3v) is 4.03. The Hall–Kier alpha value is -3.75. The Balaban J connectivity index is 1.66. The number of hydrogen-bond donors (Lipinski definition) is 1. The van der Waals surface area contributed by atoms with Gasteiger partial charge in [0.25, 0.3) is 11.5 Å². The minimum Gasteiger partial charge on any atom is -0.483 e. The lowest BCUT2D eigenvalue weighted by Gasteiger charge is -2.12. The van der Waals surface area contributed by atoms with Crippen molar-refractivity contribution in [2.24, 2.45) is 0 Å². The molecule has 3 aromatic rings. The number of hydrogen-bond acceptors (Lipinski definition) is 4. The molecule has 0 spiro atoms. The fourth-order valence-corrected chi connectivity index (χ4v) is 2.78. The Bertz CT molecular complexity index is 1120. The molecule has 0 aliphatic carbocycles. The Morgan fingerprint density at radius 1 is 1.10 bits per heavy atom. The maximum atomic E-state index is 12.5. The summed E-state index contributed by atoms with van der Waals surface area (Å²) in [6.45, 7) is 3.63. The zero-order chi connectivity index (χ0) is 21.7. The maximum absolute atomic E-state index is 12.5. The highest BCUT2D eigenvalue weighted by Gasteiger charge is 2.30. The van der Waals surface area contributed by atoms with Crippen molar-refractivity contribution in [2.75, 3.05) is 11.9 Å². The first kappa shape index (κ1) is 21.0. The van der Waals surface area contributed by atoms with Gasteiger partial charge in [0, 0.05) is 23.8 Å². The molecule has 2 aromatic carbocycles. The summed E-state index contributed by atoms with van der Waals surface area (Å²) in [5, 5.41) is 3.51. The second kappa shape index (κ2) is 8.73. The Morgan fingerprint density at radius 3 is 2.50 bits per heavy atom. The van der Waals surface area contributed by atoms with Crippen LogP contribution in [0.5, 0.6) is 11.5 Å². The summed E-state index contributed by atoms with van der Waals surface area (Å²) in [5.74, 6) is -0.550. The van der Waals surface area contributed by atoms with Crippen LogP contribution >= 0.6 is 0 Å². The quantitative estimate of drug-likeness (QED) is 0.587. The molecule has 0 atom stereocenters. The highest BCUT2D eigenvalue weighted by molar-refractivity contribution is 5.92. The van der Waals surface area contributed by atoms with E-state index in [0.29, 0.717) is 23.1 Å². The van der Waals surface area contributed by atoms with Gasteiger partial charge in [-0.25, -0.2) is 0 Å². The molecule has 0 bridgehead atoms. The van der Waals surface area contributed by atoms with Crippen LogP contribution < -0.4 is 20.3 Å². The normalized spacial score (nSPS) is 11.2. The van der Waals surface area contributed by atoms with E-state index in [-0.39, 0.29) is 17.9 Å². The van der Waals surface area contributed by atoms with Crippen molar-refractivity contribution >= 4 is 22.4 Å². The van der Waals surface area contributed by atoms with Crippen molar-refractivity contribution in [3.05, 3.63) is 77.7 Å². The first-order valence-corrected chi connectivity index (χ1v) is 8.78. The number of nitrogens with zero attached hydrogens (tertiary/aromatic N) is 1. The molecule has 0 unspecified atom stereocenters. The number of benzene rings is 2. The molecule has 6 nitrogen and oxygen atoms in total. The predicted octanol–water partition coefficient (Wildman–Crippen LogP) is 4.10. The van der Waals surface area contributed by atoms with Gasteiger partial charge in [-0.2, -0.15) is 0 Å². The predicted molar refractivity (Wildman–Crippen MR) is 106 cm³/mol. The SMILES string of the molecule is C=CCn1ccc2c(OCC(=O)Nc3ccc(OC(F)(F)F)cc3)cccc2c1=O. The highest BCUT2D eigenvalue weighted by Crippen LogP contribution is 2.25. The summed E-state index contributed by atoms with van der Waals surface area (Å²) in [6, 6.07) is 11.4. The van der Waals surface area contributed by atoms with E-state index in [2.05, 4.69) is 16.6 Å². The summed E-state index contributed by atoms with van der Waals surface area (Å²) in [5.41, 5.74) is 0.0758. The summed E-state index contributed by atoms with van der Waals surface area (Å²) in [6.07, 6.45) is -1.56. The zero-order valence-corrected chi connectivity index (χ0v) is 15.6. The zero-order valence-electron chi connectivity index (χ0n) is 15.6. The van der Waals surface area contributed by atoms with Crippen LogP contribution in [0.25, 0.3) is 10.8 Å². The number of alkyl halides is 3. The van der Waals surface area contributed by atoms with Gasteiger partial charge in [-0.05, 0) is 42.5 Å². The van der Waals surface area contributed by atoms with Gasteiger partial charge in [0.05, 0.1) is 5.39 Å². The second-order valence-corrected chi connectivity index (χ2v) is 6.19. The number of fused-ring (bicyclic) bond motifs is 1. The van der Waals surface area contributed by atoms with Crippen LogP contribution in [-0.2, 0) is 11.3 Å². The standard InChI is InChI=1S/C21H17F3N2O4/c1-2-11-26-12-10-16-17(20(26)28)4-3-5-18(16)29-13-19(27)25-14-6-8-15(9-7-14)30-21(22,23)24/h2-10,12H,1,11,13H2,(H,25,27). The molecule has 0 aliphatic rings. The van der Waals surface area contributed by atoms with Gasteiger partial charge in [0.1, 0.15) is 11.5 Å². The number of carbonyl (C=O) groups excluding carboxylic acids is 1. The number of nitrogens with one attached hydrogen (secondary N) is 1. The number of allylic oxidation sites excluding steroid dienone is 1. The van der Waals surface area contributed by atoms with Crippen LogP contribution in [0.1, 0.15) is 0 Å². The first-order valence-electron chi connectivity index (χ1n) is 8.78. The van der Waals surface area contributed by atoms with Crippen LogP contribution in [0.2, 0.25) is 0 Å². The van der Waals surface area contributed by atoms with Crippen molar-refractivity contribution in [1.82, 2.24) is 4.57 Å². The first-order chi connectivity index (χ1) is 14.3. The third kappa shape index (κ3) is 5.19. The minimum atomic E-state index is -4.79. The molecule has 0 saturated carbocycles. The van der Waals surface area contributed by atoms with E-state index in [1.807, 2.05) is 0 Å². The molecule has 1 amide bonds. The molecule has 1 aromatic heterocycles. The summed E-state index contributed by atoms with van der Waals surface area (Å²) >= 11 is 0. The average Bonchev–Trinajstić information content (AvgIpc) is 2.69. The van der Waals surface area contributed by atoms with Crippen molar-refractivity contribution < 1.29 is 27.4 Å². The molecule has 0 fully saturated rings. The van der Waals surface area contributed by atoms with E-state index in [9.17, 15) is 22.8 Å². The van der Waals surface area contributed by atoms with Gasteiger partial charge in [0.15, 0.2) is 6.61 Å². The topological polar surface area (TPSA) is 69.6 Å². The van der Waals surface area contributed by atoms with E-state index in [1.54, 1.807) is 36.5 Å². The van der Waals surface area contributed by atoms with Crippen LogP contribution in [0.4, 0.5) is 18.9 Å². The third-order valence-electron chi connectivity index (χ3n) is 4.03. The Morgan fingerprint density at radius 2 is 1.83 bits per heavy atom. The van der Waals surface area contributed by atoms with E-state index in [1.165, 1.54) is 16.7 Å². The largest absolute Gasteiger partial charge is 0.573 e. The summed E-state index contributed by atoms with van der Waals surface area (Å²) in [4.78, 5) is 24.6. The van der Waals surface area contributed by atoms with Gasteiger partial charge >= 0.3 is 6.36 Å². The fraction of sp³-hybridized carbons (Fsp3) is 0.143. The van der Waals surface area contributed by atoms with Crippen molar-refractivity contribution in [3.8, 4) is 11.5 Å². The van der Waals surface area contributed by atoms with Gasteiger partial charge in [0.2, 0.25) is 0 Å². The second-order valence-electron chi connectivity index (χ2n) is 6.19. The summed E-state index contributed by atoms with van der Waals surface area (Å²) < 4.78 is 47.3. The maximum Gasteiger partial charge on any atom is 0.573 e. The minimum absolute atomic E-state index is 0.205. The molecule has 30 heavy (non-hydrogen) atoms. The van der Waals surface area contributed by atoms with Crippen molar-refractivity contribution in [2.45, 2.75) is 12.9 Å². The molecule has 0 saturated heterocycles. The molecular weight excluding hydrogens is 401 g/mol.